The molecule has 0 aromatic carbocycles. The predicted molar refractivity (Wildman–Crippen MR) is 79.5 cm³/mol. The lowest BCUT2D eigenvalue weighted by Crippen LogP contribution is -2.12. The molecule has 0 aliphatic carbocycles. The van der Waals surface area contributed by atoms with Crippen LogP contribution in [0.1, 0.15) is 72.6 Å². The van der Waals surface area contributed by atoms with E-state index in [1.165, 1.54) is 12.8 Å². The summed E-state index contributed by atoms with van der Waals surface area (Å²) < 4.78 is 0. The third-order valence-electron chi connectivity index (χ3n) is 3.55. The summed E-state index contributed by atoms with van der Waals surface area (Å²) in [5, 5.41) is 0. The van der Waals surface area contributed by atoms with E-state index in [-0.39, 0.29) is 0 Å². The van der Waals surface area contributed by atoms with E-state index in [0.29, 0.717) is 23.5 Å². The number of Topliss-reactive ketones (excluding diaryl/α,β-unsaturated/α-hetero) is 1. The fourth-order valence-corrected chi connectivity index (χ4v) is 2.82. The normalized spacial score (nSPS) is 14.8. The van der Waals surface area contributed by atoms with Crippen LogP contribution in [0.3, 0.4) is 0 Å². The quantitative estimate of drug-likeness (QED) is 0.602. The molecular weight excluding hydrogens is 222 g/mol. The summed E-state index contributed by atoms with van der Waals surface area (Å²) in [5.74, 6) is 2.33. The Labute approximate surface area is 114 Å². The fourth-order valence-electron chi connectivity index (χ4n) is 2.82. The molecule has 0 amide bonds. The lowest BCUT2D eigenvalue weighted by molar-refractivity contribution is -0.120. The van der Waals surface area contributed by atoms with Crippen molar-refractivity contribution in [3.63, 3.8) is 0 Å². The maximum Gasteiger partial charge on any atom is 0.133 e. The van der Waals surface area contributed by atoms with Crippen molar-refractivity contribution in [2.75, 3.05) is 6.54 Å². The maximum atomic E-state index is 11.9. The van der Waals surface area contributed by atoms with E-state index >= 15 is 0 Å². The molecule has 0 radical (unpaired) electrons. The monoisotopic (exact) mass is 255 g/mol. The molecule has 0 aliphatic heterocycles. The largest absolute Gasteiger partial charge is 0.330 e. The zero-order valence-electron chi connectivity index (χ0n) is 12.9. The van der Waals surface area contributed by atoms with E-state index in [4.69, 9.17) is 5.73 Å². The molecule has 0 aliphatic rings. The van der Waals surface area contributed by atoms with Crippen LogP contribution in [0.25, 0.3) is 0 Å². The minimum atomic E-state index is 0.446. The zero-order chi connectivity index (χ0) is 14.0. The Morgan fingerprint density at radius 2 is 1.78 bits per heavy atom. The number of ketones is 1. The Kier molecular flexibility index (Phi) is 10.3. The summed E-state index contributed by atoms with van der Waals surface area (Å²) in [7, 11) is 0. The molecule has 18 heavy (non-hydrogen) atoms. The summed E-state index contributed by atoms with van der Waals surface area (Å²) in [4.78, 5) is 11.9. The summed E-state index contributed by atoms with van der Waals surface area (Å²) >= 11 is 0. The van der Waals surface area contributed by atoms with Crippen molar-refractivity contribution in [2.24, 2.45) is 23.5 Å². The molecular formula is C16H33NO. The molecule has 2 heteroatoms. The minimum Gasteiger partial charge on any atom is -0.330 e. The Morgan fingerprint density at radius 1 is 1.11 bits per heavy atom. The minimum absolute atomic E-state index is 0.446. The van der Waals surface area contributed by atoms with Crippen molar-refractivity contribution in [3.05, 3.63) is 0 Å². The van der Waals surface area contributed by atoms with Gasteiger partial charge >= 0.3 is 0 Å². The van der Waals surface area contributed by atoms with Gasteiger partial charge in [0, 0.05) is 12.8 Å². The van der Waals surface area contributed by atoms with Gasteiger partial charge in [-0.25, -0.2) is 0 Å². The van der Waals surface area contributed by atoms with E-state index in [1.54, 1.807) is 0 Å². The van der Waals surface area contributed by atoms with Crippen molar-refractivity contribution in [1.29, 1.82) is 0 Å². The van der Waals surface area contributed by atoms with Crippen LogP contribution in [0, 0.1) is 17.8 Å². The molecule has 0 fully saturated rings. The second-order valence-corrected chi connectivity index (χ2v) is 6.25. The second-order valence-electron chi connectivity index (χ2n) is 6.25. The predicted octanol–water partition coefficient (Wildman–Crippen LogP) is 4.17. The number of carbonyl (C=O) groups is 1. The first kappa shape index (κ1) is 17.6. The van der Waals surface area contributed by atoms with Gasteiger partial charge in [-0.15, -0.1) is 0 Å². The number of nitrogens with two attached hydrogens (primary N) is 1. The van der Waals surface area contributed by atoms with Gasteiger partial charge < -0.3 is 5.73 Å². The van der Waals surface area contributed by atoms with Gasteiger partial charge in [-0.05, 0) is 43.6 Å². The maximum absolute atomic E-state index is 11.9. The fraction of sp³-hybridized carbons (Fsp3) is 0.938. The molecule has 0 aromatic heterocycles. The van der Waals surface area contributed by atoms with Gasteiger partial charge in [0.05, 0.1) is 0 Å². The highest BCUT2D eigenvalue weighted by atomic mass is 16.1. The number of hydrogen-bond donors (Lipinski definition) is 1. The van der Waals surface area contributed by atoms with Crippen LogP contribution < -0.4 is 5.73 Å². The molecule has 0 saturated carbocycles. The highest BCUT2D eigenvalue weighted by Crippen LogP contribution is 2.20. The lowest BCUT2D eigenvalue weighted by Gasteiger charge is -2.16. The first-order valence-electron chi connectivity index (χ1n) is 7.71. The van der Waals surface area contributed by atoms with Crippen molar-refractivity contribution in [3.8, 4) is 0 Å². The molecule has 108 valence electrons. The van der Waals surface area contributed by atoms with Crippen LogP contribution in [-0.4, -0.2) is 12.3 Å². The first-order valence-corrected chi connectivity index (χ1v) is 7.71. The Hall–Kier alpha value is -0.370. The van der Waals surface area contributed by atoms with Crippen LogP contribution >= 0.6 is 0 Å². The molecule has 0 rings (SSSR count). The number of carbonyl (C=O) groups excluding carboxylic acids is 1. The van der Waals surface area contributed by atoms with Crippen LogP contribution in [0.4, 0.5) is 0 Å². The molecule has 2 nitrogen and oxygen atoms in total. The van der Waals surface area contributed by atoms with Crippen LogP contribution in [0.5, 0.6) is 0 Å². The summed E-state index contributed by atoms with van der Waals surface area (Å²) in [6.45, 7) is 9.60. The standard InChI is InChI=1S/C16H33NO/c1-5-6-15(9-10-17)7-8-16(18)12-14(4)11-13(2)3/h13-15H,5-12,17H2,1-4H3. The van der Waals surface area contributed by atoms with Crippen LogP contribution in [-0.2, 0) is 4.79 Å². The molecule has 0 aromatic rings. The average Bonchev–Trinajstić information content (AvgIpc) is 2.25. The summed E-state index contributed by atoms with van der Waals surface area (Å²) in [6, 6.07) is 0. The Bertz CT molecular complexity index is 207. The van der Waals surface area contributed by atoms with Crippen LogP contribution in [0.2, 0.25) is 0 Å². The van der Waals surface area contributed by atoms with Crippen molar-refractivity contribution in [2.45, 2.75) is 72.6 Å². The highest BCUT2D eigenvalue weighted by molar-refractivity contribution is 5.78. The van der Waals surface area contributed by atoms with E-state index in [9.17, 15) is 4.79 Å². The third-order valence-corrected chi connectivity index (χ3v) is 3.55. The van der Waals surface area contributed by atoms with Crippen molar-refractivity contribution >= 4 is 5.78 Å². The zero-order valence-corrected chi connectivity index (χ0v) is 12.9. The van der Waals surface area contributed by atoms with Crippen molar-refractivity contribution < 1.29 is 4.79 Å². The van der Waals surface area contributed by atoms with Gasteiger partial charge in [-0.2, -0.15) is 0 Å². The van der Waals surface area contributed by atoms with Gasteiger partial charge in [0.25, 0.3) is 0 Å². The molecule has 0 saturated heterocycles. The molecule has 0 bridgehead atoms. The van der Waals surface area contributed by atoms with Gasteiger partial charge in [0.1, 0.15) is 5.78 Å². The smallest absolute Gasteiger partial charge is 0.133 e. The molecule has 2 atom stereocenters. The topological polar surface area (TPSA) is 43.1 Å². The van der Waals surface area contributed by atoms with E-state index in [0.717, 1.165) is 38.6 Å². The molecule has 2 N–H and O–H groups in total. The SMILES string of the molecule is CCCC(CCN)CCC(=O)CC(C)CC(C)C. The molecule has 2 unspecified atom stereocenters. The molecule has 0 heterocycles. The summed E-state index contributed by atoms with van der Waals surface area (Å²) in [6.07, 6.45) is 7.20. The summed E-state index contributed by atoms with van der Waals surface area (Å²) in [5.41, 5.74) is 5.62. The third kappa shape index (κ3) is 9.64. The van der Waals surface area contributed by atoms with E-state index < -0.39 is 0 Å². The van der Waals surface area contributed by atoms with Crippen molar-refractivity contribution in [1.82, 2.24) is 0 Å². The van der Waals surface area contributed by atoms with Gasteiger partial charge in [0.2, 0.25) is 0 Å². The Morgan fingerprint density at radius 3 is 2.28 bits per heavy atom. The van der Waals surface area contributed by atoms with Crippen LogP contribution in [0.15, 0.2) is 0 Å². The number of hydrogen-bond acceptors (Lipinski definition) is 2. The van der Waals surface area contributed by atoms with Gasteiger partial charge in [-0.1, -0.05) is 40.5 Å². The second kappa shape index (κ2) is 10.5. The Balaban J connectivity index is 3.85. The van der Waals surface area contributed by atoms with Gasteiger partial charge in [-0.3, -0.25) is 4.79 Å². The van der Waals surface area contributed by atoms with E-state index in [2.05, 4.69) is 27.7 Å². The van der Waals surface area contributed by atoms with E-state index in [1.807, 2.05) is 0 Å². The highest BCUT2D eigenvalue weighted by Gasteiger charge is 2.13. The average molecular weight is 255 g/mol. The lowest BCUT2D eigenvalue weighted by atomic mass is 9.89. The first-order chi connectivity index (χ1) is 8.49. The van der Waals surface area contributed by atoms with Gasteiger partial charge in [0.15, 0.2) is 0 Å². The molecule has 0 spiro atoms. The number of rotatable bonds is 11.